The van der Waals surface area contributed by atoms with Crippen molar-refractivity contribution >= 4 is 38.4 Å². The third-order valence-electron chi connectivity index (χ3n) is 2.85. The smallest absolute Gasteiger partial charge is 0.350 e. The summed E-state index contributed by atoms with van der Waals surface area (Å²) in [4.78, 5) is 18.6. The highest BCUT2D eigenvalue weighted by atomic mass is 79.9. The highest BCUT2D eigenvalue weighted by Gasteiger charge is 2.18. The molecule has 106 valence electrons. The Morgan fingerprint density at radius 3 is 2.80 bits per heavy atom. The van der Waals surface area contributed by atoms with Crippen LogP contribution in [0.5, 0.6) is 0 Å². The number of thiazole rings is 1. The molecular weight excluding hydrogens is 340 g/mol. The second kappa shape index (κ2) is 6.37. The zero-order valence-electron chi connectivity index (χ0n) is 11.5. The largest absolute Gasteiger partial charge is 0.465 e. The van der Waals surface area contributed by atoms with Crippen molar-refractivity contribution in [1.29, 1.82) is 0 Å². The molecule has 0 radical (unpaired) electrons. The molecule has 4 nitrogen and oxygen atoms in total. The van der Waals surface area contributed by atoms with Crippen LogP contribution in [0.1, 0.15) is 20.9 Å². The minimum Gasteiger partial charge on any atom is -0.465 e. The summed E-state index contributed by atoms with van der Waals surface area (Å²) in [6.45, 7) is 2.54. The monoisotopic (exact) mass is 354 g/mol. The lowest BCUT2D eigenvalue weighted by Gasteiger charge is -2.16. The number of rotatable bonds is 4. The van der Waals surface area contributed by atoms with Crippen LogP contribution in [0.4, 0.5) is 5.13 Å². The fourth-order valence-corrected chi connectivity index (χ4v) is 3.13. The number of aryl methyl sites for hydroxylation is 1. The number of methoxy groups -OCH3 is 1. The van der Waals surface area contributed by atoms with E-state index in [1.54, 1.807) is 0 Å². The van der Waals surface area contributed by atoms with Crippen molar-refractivity contribution in [2.24, 2.45) is 0 Å². The maximum absolute atomic E-state index is 11.6. The third kappa shape index (κ3) is 3.19. The number of hydrogen-bond donors (Lipinski definition) is 0. The summed E-state index contributed by atoms with van der Waals surface area (Å²) in [7, 11) is 3.34. The standard InChI is InChI=1S/C14H15BrN2O2S/c1-9-12(13(18)19-3)20-14(16-9)17(2)8-10-6-4-5-7-11(10)15/h4-7H,8H2,1-3H3. The molecule has 1 aromatic carbocycles. The van der Waals surface area contributed by atoms with Gasteiger partial charge >= 0.3 is 5.97 Å². The first-order valence-corrected chi connectivity index (χ1v) is 7.64. The number of aromatic nitrogens is 1. The van der Waals surface area contributed by atoms with Crippen molar-refractivity contribution in [3.8, 4) is 0 Å². The number of benzene rings is 1. The summed E-state index contributed by atoms with van der Waals surface area (Å²) in [5.74, 6) is -0.333. The van der Waals surface area contributed by atoms with E-state index in [-0.39, 0.29) is 5.97 Å². The van der Waals surface area contributed by atoms with E-state index in [4.69, 9.17) is 4.74 Å². The number of nitrogens with zero attached hydrogens (tertiary/aromatic N) is 2. The second-order valence-electron chi connectivity index (χ2n) is 4.35. The number of esters is 1. The van der Waals surface area contributed by atoms with Gasteiger partial charge in [-0.05, 0) is 18.6 Å². The molecule has 0 bridgehead atoms. The summed E-state index contributed by atoms with van der Waals surface area (Å²) in [5.41, 5.74) is 1.87. The zero-order valence-corrected chi connectivity index (χ0v) is 13.9. The summed E-state index contributed by atoms with van der Waals surface area (Å²) >= 11 is 4.88. The molecule has 6 heteroatoms. The van der Waals surface area contributed by atoms with Gasteiger partial charge in [-0.1, -0.05) is 45.5 Å². The van der Waals surface area contributed by atoms with E-state index >= 15 is 0 Å². The Morgan fingerprint density at radius 1 is 1.45 bits per heavy atom. The first-order chi connectivity index (χ1) is 9.52. The molecule has 0 aliphatic heterocycles. The molecule has 0 saturated heterocycles. The molecule has 0 aliphatic rings. The SMILES string of the molecule is COC(=O)c1sc(N(C)Cc2ccccc2Br)nc1C. The summed E-state index contributed by atoms with van der Waals surface area (Å²) < 4.78 is 5.82. The fraction of sp³-hybridized carbons (Fsp3) is 0.286. The van der Waals surface area contributed by atoms with Crippen LogP contribution in [0, 0.1) is 6.92 Å². The van der Waals surface area contributed by atoms with Crippen molar-refractivity contribution < 1.29 is 9.53 Å². The Morgan fingerprint density at radius 2 is 2.15 bits per heavy atom. The van der Waals surface area contributed by atoms with Gasteiger partial charge in [-0.15, -0.1) is 0 Å². The van der Waals surface area contributed by atoms with Gasteiger partial charge in [0, 0.05) is 18.1 Å². The van der Waals surface area contributed by atoms with Crippen LogP contribution in [0.15, 0.2) is 28.7 Å². The van der Waals surface area contributed by atoms with Crippen LogP contribution in [0.2, 0.25) is 0 Å². The molecule has 0 atom stereocenters. The minimum absolute atomic E-state index is 0.333. The summed E-state index contributed by atoms with van der Waals surface area (Å²) in [6.07, 6.45) is 0. The van der Waals surface area contributed by atoms with Crippen LogP contribution in [0.25, 0.3) is 0 Å². The third-order valence-corrected chi connectivity index (χ3v) is 4.87. The predicted molar refractivity (Wildman–Crippen MR) is 84.4 cm³/mol. The van der Waals surface area contributed by atoms with Gasteiger partial charge in [0.2, 0.25) is 0 Å². The average molecular weight is 355 g/mol. The van der Waals surface area contributed by atoms with Gasteiger partial charge in [0.05, 0.1) is 12.8 Å². The number of anilines is 1. The fourth-order valence-electron chi connectivity index (χ4n) is 1.78. The molecular formula is C14H15BrN2O2S. The van der Waals surface area contributed by atoms with Gasteiger partial charge in [0.1, 0.15) is 4.88 Å². The lowest BCUT2D eigenvalue weighted by Crippen LogP contribution is -2.16. The Kier molecular flexibility index (Phi) is 4.77. The quantitative estimate of drug-likeness (QED) is 0.786. The maximum Gasteiger partial charge on any atom is 0.350 e. The number of hydrogen-bond acceptors (Lipinski definition) is 5. The molecule has 0 spiro atoms. The Labute approximate surface area is 130 Å². The van der Waals surface area contributed by atoms with E-state index < -0.39 is 0 Å². The summed E-state index contributed by atoms with van der Waals surface area (Å²) in [6, 6.07) is 8.05. The van der Waals surface area contributed by atoms with Gasteiger partial charge in [-0.2, -0.15) is 0 Å². The lowest BCUT2D eigenvalue weighted by molar-refractivity contribution is 0.0605. The van der Waals surface area contributed by atoms with Gasteiger partial charge in [-0.25, -0.2) is 9.78 Å². The molecule has 2 rings (SSSR count). The topological polar surface area (TPSA) is 42.4 Å². The van der Waals surface area contributed by atoms with Crippen molar-refractivity contribution in [2.45, 2.75) is 13.5 Å². The van der Waals surface area contributed by atoms with Crippen molar-refractivity contribution in [1.82, 2.24) is 4.98 Å². The lowest BCUT2D eigenvalue weighted by atomic mass is 10.2. The number of halogens is 1. The Balaban J connectivity index is 2.20. The van der Waals surface area contributed by atoms with E-state index in [2.05, 4.69) is 27.0 Å². The van der Waals surface area contributed by atoms with E-state index in [1.807, 2.05) is 37.1 Å². The molecule has 0 amide bonds. The van der Waals surface area contributed by atoms with Gasteiger partial charge < -0.3 is 9.64 Å². The van der Waals surface area contributed by atoms with Gasteiger partial charge in [-0.3, -0.25) is 0 Å². The molecule has 0 unspecified atom stereocenters. The molecule has 0 N–H and O–H groups in total. The van der Waals surface area contributed by atoms with Crippen LogP contribution < -0.4 is 4.90 Å². The van der Waals surface area contributed by atoms with E-state index in [9.17, 15) is 4.79 Å². The van der Waals surface area contributed by atoms with Crippen molar-refractivity contribution in [3.63, 3.8) is 0 Å². The van der Waals surface area contributed by atoms with Gasteiger partial charge in [0.25, 0.3) is 0 Å². The van der Waals surface area contributed by atoms with E-state index in [1.165, 1.54) is 24.0 Å². The number of carbonyl (C=O) groups is 1. The van der Waals surface area contributed by atoms with Crippen molar-refractivity contribution in [2.75, 3.05) is 19.1 Å². The van der Waals surface area contributed by atoms with E-state index in [0.29, 0.717) is 10.6 Å². The Bertz CT molecular complexity index is 627. The molecule has 1 heterocycles. The van der Waals surface area contributed by atoms with Crippen molar-refractivity contribution in [3.05, 3.63) is 44.9 Å². The maximum atomic E-state index is 11.6. The second-order valence-corrected chi connectivity index (χ2v) is 6.18. The molecule has 0 fully saturated rings. The molecule has 0 aliphatic carbocycles. The molecule has 1 aromatic heterocycles. The van der Waals surface area contributed by atoms with Crippen LogP contribution in [0.3, 0.4) is 0 Å². The van der Waals surface area contributed by atoms with Crippen LogP contribution in [-0.4, -0.2) is 25.1 Å². The number of ether oxygens (including phenoxy) is 1. The predicted octanol–water partition coefficient (Wildman–Crippen LogP) is 3.64. The number of carbonyl (C=O) groups excluding carboxylic acids is 1. The highest BCUT2D eigenvalue weighted by Crippen LogP contribution is 2.28. The minimum atomic E-state index is -0.333. The average Bonchev–Trinajstić information content (AvgIpc) is 2.82. The Hall–Kier alpha value is -1.40. The molecule has 20 heavy (non-hydrogen) atoms. The first-order valence-electron chi connectivity index (χ1n) is 6.03. The molecule has 2 aromatic rings. The summed E-state index contributed by atoms with van der Waals surface area (Å²) in [5, 5.41) is 0.804. The van der Waals surface area contributed by atoms with Gasteiger partial charge in [0.15, 0.2) is 5.13 Å². The molecule has 0 saturated carbocycles. The first kappa shape index (κ1) is 15.0. The normalized spacial score (nSPS) is 10.4. The van der Waals surface area contributed by atoms with Crippen LogP contribution >= 0.6 is 27.3 Å². The van der Waals surface area contributed by atoms with E-state index in [0.717, 1.165) is 16.1 Å². The zero-order chi connectivity index (χ0) is 14.7. The van der Waals surface area contributed by atoms with Crippen LogP contribution in [-0.2, 0) is 11.3 Å². The highest BCUT2D eigenvalue weighted by molar-refractivity contribution is 9.10.